The summed E-state index contributed by atoms with van der Waals surface area (Å²) >= 11 is 0. The number of rotatable bonds is 2. The van der Waals surface area contributed by atoms with Crippen LogP contribution in [0, 0.1) is 5.92 Å². The number of fused-ring (bicyclic) bond motifs is 1. The Bertz CT molecular complexity index is 381. The van der Waals surface area contributed by atoms with Crippen LogP contribution < -0.4 is 0 Å². The molecule has 0 saturated carbocycles. The minimum absolute atomic E-state index is 0.201. The summed E-state index contributed by atoms with van der Waals surface area (Å²) in [7, 11) is 2.00. The molecule has 3 heteroatoms. The summed E-state index contributed by atoms with van der Waals surface area (Å²) < 4.78 is 2.04. The Morgan fingerprint density at radius 2 is 2.33 bits per heavy atom. The summed E-state index contributed by atoms with van der Waals surface area (Å²) in [6.45, 7) is 2.16. The van der Waals surface area contributed by atoms with E-state index in [4.69, 9.17) is 5.11 Å². The van der Waals surface area contributed by atoms with Crippen LogP contribution in [0.2, 0.25) is 0 Å². The highest BCUT2D eigenvalue weighted by Crippen LogP contribution is 2.38. The summed E-state index contributed by atoms with van der Waals surface area (Å²) in [5.74, 6) is -0.00740. The molecule has 2 unspecified atom stereocenters. The van der Waals surface area contributed by atoms with Crippen molar-refractivity contribution in [1.29, 1.82) is 0 Å². The zero-order chi connectivity index (χ0) is 11.0. The fraction of sp³-hybridized carbons (Fsp3) is 0.583. The fourth-order valence-corrected chi connectivity index (χ4v) is 2.59. The van der Waals surface area contributed by atoms with Crippen molar-refractivity contribution in [2.45, 2.75) is 32.1 Å². The number of hydrogen-bond donors (Lipinski definition) is 1. The van der Waals surface area contributed by atoms with Crippen LogP contribution >= 0.6 is 0 Å². The summed E-state index contributed by atoms with van der Waals surface area (Å²) in [5, 5.41) is 8.91. The van der Waals surface area contributed by atoms with Gasteiger partial charge in [-0.1, -0.05) is 6.92 Å². The standard InChI is InChI=1S/C12H17NO2/c1-8-3-4-9-6-13(2)7-11(9)10(8)5-12(14)15/h6-8,10H,3-5H2,1-2H3,(H,14,15). The Hall–Kier alpha value is -1.25. The quantitative estimate of drug-likeness (QED) is 0.807. The van der Waals surface area contributed by atoms with Crippen molar-refractivity contribution < 1.29 is 9.90 Å². The van der Waals surface area contributed by atoms with Crippen molar-refractivity contribution in [3.05, 3.63) is 23.5 Å². The van der Waals surface area contributed by atoms with E-state index in [1.54, 1.807) is 0 Å². The van der Waals surface area contributed by atoms with E-state index in [0.717, 1.165) is 12.8 Å². The average molecular weight is 207 g/mol. The molecule has 82 valence electrons. The van der Waals surface area contributed by atoms with E-state index < -0.39 is 5.97 Å². The highest BCUT2D eigenvalue weighted by molar-refractivity contribution is 5.68. The van der Waals surface area contributed by atoms with E-state index in [0.29, 0.717) is 5.92 Å². The third-order valence-electron chi connectivity index (χ3n) is 3.42. The lowest BCUT2D eigenvalue weighted by atomic mass is 9.76. The monoisotopic (exact) mass is 207 g/mol. The van der Waals surface area contributed by atoms with Gasteiger partial charge in [0.25, 0.3) is 0 Å². The van der Waals surface area contributed by atoms with Crippen LogP contribution in [-0.4, -0.2) is 15.6 Å². The molecule has 3 nitrogen and oxygen atoms in total. The number of carboxylic acid groups (broad SMARTS) is 1. The number of aromatic nitrogens is 1. The predicted molar refractivity (Wildman–Crippen MR) is 57.9 cm³/mol. The van der Waals surface area contributed by atoms with Crippen molar-refractivity contribution in [3.8, 4) is 0 Å². The first-order valence-electron chi connectivity index (χ1n) is 5.44. The minimum Gasteiger partial charge on any atom is -0.481 e. The fourth-order valence-electron chi connectivity index (χ4n) is 2.59. The van der Waals surface area contributed by atoms with Crippen molar-refractivity contribution >= 4 is 5.97 Å². The van der Waals surface area contributed by atoms with Crippen LogP contribution in [0.5, 0.6) is 0 Å². The summed E-state index contributed by atoms with van der Waals surface area (Å²) in [6, 6.07) is 0. The molecule has 1 aliphatic rings. The molecular formula is C12H17NO2. The zero-order valence-corrected chi connectivity index (χ0v) is 9.23. The Morgan fingerprint density at radius 3 is 3.00 bits per heavy atom. The number of nitrogens with zero attached hydrogens (tertiary/aromatic N) is 1. The smallest absolute Gasteiger partial charge is 0.303 e. The molecule has 0 aromatic carbocycles. The zero-order valence-electron chi connectivity index (χ0n) is 9.23. The van der Waals surface area contributed by atoms with Gasteiger partial charge >= 0.3 is 5.97 Å². The van der Waals surface area contributed by atoms with Gasteiger partial charge in [-0.15, -0.1) is 0 Å². The van der Waals surface area contributed by atoms with Crippen molar-refractivity contribution in [3.63, 3.8) is 0 Å². The highest BCUT2D eigenvalue weighted by atomic mass is 16.4. The first-order valence-corrected chi connectivity index (χ1v) is 5.44. The van der Waals surface area contributed by atoms with Crippen molar-refractivity contribution in [2.75, 3.05) is 0 Å². The Morgan fingerprint density at radius 1 is 1.60 bits per heavy atom. The largest absolute Gasteiger partial charge is 0.481 e. The third kappa shape index (κ3) is 1.91. The molecule has 2 atom stereocenters. The molecule has 1 aliphatic carbocycles. The lowest BCUT2D eigenvalue weighted by Crippen LogP contribution is -2.19. The lowest BCUT2D eigenvalue weighted by molar-refractivity contribution is -0.137. The summed E-state index contributed by atoms with van der Waals surface area (Å²) in [6.07, 6.45) is 6.66. The van der Waals surface area contributed by atoms with Crippen LogP contribution in [0.1, 0.15) is 36.8 Å². The van der Waals surface area contributed by atoms with Crippen LogP contribution in [-0.2, 0) is 18.3 Å². The van der Waals surface area contributed by atoms with Crippen LogP contribution in [0.15, 0.2) is 12.4 Å². The maximum atomic E-state index is 10.8. The lowest BCUT2D eigenvalue weighted by Gasteiger charge is -2.27. The van der Waals surface area contributed by atoms with E-state index in [2.05, 4.69) is 19.3 Å². The highest BCUT2D eigenvalue weighted by Gasteiger charge is 2.29. The van der Waals surface area contributed by atoms with E-state index in [9.17, 15) is 4.79 Å². The number of hydrogen-bond acceptors (Lipinski definition) is 1. The second kappa shape index (κ2) is 3.72. The normalized spacial score (nSPS) is 24.9. The van der Waals surface area contributed by atoms with Gasteiger partial charge in [-0.3, -0.25) is 4.79 Å². The maximum absolute atomic E-state index is 10.8. The van der Waals surface area contributed by atoms with Gasteiger partial charge in [0.1, 0.15) is 0 Å². The average Bonchev–Trinajstić information content (AvgIpc) is 2.51. The van der Waals surface area contributed by atoms with Gasteiger partial charge in [-0.2, -0.15) is 0 Å². The molecule has 15 heavy (non-hydrogen) atoms. The van der Waals surface area contributed by atoms with Gasteiger partial charge in [0.05, 0.1) is 6.42 Å². The molecule has 0 aliphatic heterocycles. The van der Waals surface area contributed by atoms with Crippen molar-refractivity contribution in [2.24, 2.45) is 13.0 Å². The molecule has 1 heterocycles. The molecule has 2 rings (SSSR count). The second-order valence-electron chi connectivity index (χ2n) is 4.62. The Balaban J connectivity index is 2.32. The number of aryl methyl sites for hydroxylation is 2. The number of aliphatic carboxylic acids is 1. The number of carboxylic acids is 1. The van der Waals surface area contributed by atoms with E-state index in [1.165, 1.54) is 11.1 Å². The van der Waals surface area contributed by atoms with Crippen LogP contribution in [0.4, 0.5) is 0 Å². The molecule has 1 aromatic heterocycles. The first kappa shape index (κ1) is 10.3. The van der Waals surface area contributed by atoms with Gasteiger partial charge in [0.2, 0.25) is 0 Å². The minimum atomic E-state index is -0.691. The molecule has 1 aromatic rings. The molecule has 0 spiro atoms. The van der Waals surface area contributed by atoms with Gasteiger partial charge in [-0.25, -0.2) is 0 Å². The number of carbonyl (C=O) groups is 1. The molecule has 1 N–H and O–H groups in total. The molecule has 0 fully saturated rings. The van der Waals surface area contributed by atoms with Crippen molar-refractivity contribution in [1.82, 2.24) is 4.57 Å². The third-order valence-corrected chi connectivity index (χ3v) is 3.42. The Labute approximate surface area is 89.7 Å². The summed E-state index contributed by atoms with van der Waals surface area (Å²) in [4.78, 5) is 10.8. The summed E-state index contributed by atoms with van der Waals surface area (Å²) in [5.41, 5.74) is 2.58. The van der Waals surface area contributed by atoms with Gasteiger partial charge in [-0.05, 0) is 35.8 Å². The van der Waals surface area contributed by atoms with Crippen LogP contribution in [0.25, 0.3) is 0 Å². The molecular weight excluding hydrogens is 190 g/mol. The van der Waals surface area contributed by atoms with E-state index in [1.807, 2.05) is 11.6 Å². The van der Waals surface area contributed by atoms with Crippen LogP contribution in [0.3, 0.4) is 0 Å². The molecule has 0 saturated heterocycles. The molecule has 0 amide bonds. The SMILES string of the molecule is CC1CCc2cn(C)cc2C1CC(=O)O. The van der Waals surface area contributed by atoms with Gasteiger partial charge in [0.15, 0.2) is 0 Å². The molecule has 0 bridgehead atoms. The van der Waals surface area contributed by atoms with Gasteiger partial charge < -0.3 is 9.67 Å². The molecule has 0 radical (unpaired) electrons. The second-order valence-corrected chi connectivity index (χ2v) is 4.62. The maximum Gasteiger partial charge on any atom is 0.303 e. The predicted octanol–water partition coefficient (Wildman–Crippen LogP) is 2.17. The first-order chi connectivity index (χ1) is 7.08. The topological polar surface area (TPSA) is 42.2 Å². The van der Waals surface area contributed by atoms with E-state index in [-0.39, 0.29) is 12.3 Å². The Kier molecular flexibility index (Phi) is 2.55. The van der Waals surface area contributed by atoms with Gasteiger partial charge in [0, 0.05) is 19.4 Å². The van der Waals surface area contributed by atoms with E-state index >= 15 is 0 Å².